The highest BCUT2D eigenvalue weighted by Gasteiger charge is 2.16. The zero-order valence-electron chi connectivity index (χ0n) is 21.2. The molecule has 4 rings (SSSR count). The summed E-state index contributed by atoms with van der Waals surface area (Å²) in [5.74, 6) is 0. The highest BCUT2D eigenvalue weighted by atomic mass is 32.1. The first-order valence-corrected chi connectivity index (χ1v) is 12.8. The van der Waals surface area contributed by atoms with E-state index in [-0.39, 0.29) is 5.56 Å². The van der Waals surface area contributed by atoms with Crippen LogP contribution in [0.4, 0.5) is 5.69 Å². The molecule has 1 aromatic heterocycles. The third-order valence-corrected chi connectivity index (χ3v) is 7.27. The summed E-state index contributed by atoms with van der Waals surface area (Å²) in [5, 5.41) is 5.11. The molecule has 0 spiro atoms. The first-order valence-electron chi connectivity index (χ1n) is 12.4. The zero-order valence-corrected chi connectivity index (χ0v) is 22.1. The molecule has 35 heavy (non-hydrogen) atoms. The van der Waals surface area contributed by atoms with Crippen LogP contribution in [0.3, 0.4) is 0 Å². The van der Waals surface area contributed by atoms with Crippen LogP contribution < -0.4 is 10.9 Å². The Bertz CT molecular complexity index is 1260. The van der Waals surface area contributed by atoms with Crippen LogP contribution in [-0.4, -0.2) is 59.3 Å². The maximum absolute atomic E-state index is 13.1. The van der Waals surface area contributed by atoms with Gasteiger partial charge in [-0.25, -0.2) is 0 Å². The van der Waals surface area contributed by atoms with E-state index >= 15 is 0 Å². The van der Waals surface area contributed by atoms with Crippen molar-refractivity contribution in [3.8, 4) is 0 Å². The number of ether oxygens (including phenoxy) is 1. The normalized spacial score (nSPS) is 14.3. The lowest BCUT2D eigenvalue weighted by Crippen LogP contribution is -2.40. The number of hydrogen-bond acceptors (Lipinski definition) is 4. The second kappa shape index (κ2) is 11.3. The number of nitrogens with one attached hydrogen (secondary N) is 2. The molecule has 0 aliphatic carbocycles. The number of aryl methyl sites for hydroxylation is 4. The number of anilines is 1. The number of morpholine rings is 1. The molecule has 0 unspecified atom stereocenters. The number of pyridine rings is 1. The van der Waals surface area contributed by atoms with Crippen molar-refractivity contribution in [1.29, 1.82) is 0 Å². The minimum atomic E-state index is -0.0568. The fourth-order valence-corrected chi connectivity index (χ4v) is 4.87. The largest absolute Gasteiger partial charge is 0.379 e. The van der Waals surface area contributed by atoms with Gasteiger partial charge in [-0.15, -0.1) is 0 Å². The molecule has 0 atom stereocenters. The Morgan fingerprint density at radius 2 is 1.86 bits per heavy atom. The van der Waals surface area contributed by atoms with Gasteiger partial charge in [-0.2, -0.15) is 0 Å². The summed E-state index contributed by atoms with van der Waals surface area (Å²) in [6, 6.07) is 12.5. The van der Waals surface area contributed by atoms with Gasteiger partial charge in [0.2, 0.25) is 0 Å². The van der Waals surface area contributed by atoms with E-state index in [9.17, 15) is 4.79 Å². The summed E-state index contributed by atoms with van der Waals surface area (Å²) in [6.45, 7) is 14.0. The van der Waals surface area contributed by atoms with Crippen LogP contribution in [0.25, 0.3) is 10.9 Å². The van der Waals surface area contributed by atoms with Crippen LogP contribution in [0.5, 0.6) is 0 Å². The molecule has 2 heterocycles. The lowest BCUT2D eigenvalue weighted by Gasteiger charge is -2.30. The summed E-state index contributed by atoms with van der Waals surface area (Å²) in [7, 11) is 0. The van der Waals surface area contributed by atoms with Crippen LogP contribution in [-0.2, 0) is 11.3 Å². The van der Waals surface area contributed by atoms with Gasteiger partial charge in [0, 0.05) is 37.4 Å². The Morgan fingerprint density at radius 3 is 2.60 bits per heavy atom. The minimum Gasteiger partial charge on any atom is -0.379 e. The maximum atomic E-state index is 13.1. The van der Waals surface area contributed by atoms with Crippen molar-refractivity contribution in [3.05, 3.63) is 74.6 Å². The Morgan fingerprint density at radius 1 is 1.09 bits per heavy atom. The van der Waals surface area contributed by atoms with Crippen molar-refractivity contribution in [2.45, 2.75) is 40.7 Å². The highest BCUT2D eigenvalue weighted by molar-refractivity contribution is 7.80. The Kier molecular flexibility index (Phi) is 8.21. The number of thiocarbonyl (C=S) groups is 1. The molecule has 2 aromatic carbocycles. The van der Waals surface area contributed by atoms with E-state index in [1.807, 2.05) is 13.0 Å². The van der Waals surface area contributed by atoms with E-state index < -0.39 is 0 Å². The minimum absolute atomic E-state index is 0.0568. The molecule has 186 valence electrons. The fraction of sp³-hybridized carbons (Fsp3) is 0.429. The van der Waals surface area contributed by atoms with Crippen LogP contribution in [0.1, 0.15) is 34.2 Å². The fourth-order valence-electron chi connectivity index (χ4n) is 4.60. The number of aromatic amines is 1. The molecule has 0 bridgehead atoms. The molecular formula is C28H36N4O2S. The molecule has 7 heteroatoms. The third kappa shape index (κ3) is 6.28. The summed E-state index contributed by atoms with van der Waals surface area (Å²) >= 11 is 5.86. The van der Waals surface area contributed by atoms with Gasteiger partial charge in [0.1, 0.15) is 0 Å². The van der Waals surface area contributed by atoms with Gasteiger partial charge < -0.3 is 19.9 Å². The van der Waals surface area contributed by atoms with Gasteiger partial charge in [0.05, 0.1) is 25.3 Å². The number of fused-ring (bicyclic) bond motifs is 1. The molecule has 6 nitrogen and oxygen atoms in total. The van der Waals surface area contributed by atoms with E-state index in [1.165, 1.54) is 11.1 Å². The van der Waals surface area contributed by atoms with E-state index in [4.69, 9.17) is 17.0 Å². The molecule has 0 radical (unpaired) electrons. The number of benzene rings is 2. The van der Waals surface area contributed by atoms with Crippen LogP contribution in [0.2, 0.25) is 0 Å². The smallest absolute Gasteiger partial charge is 0.253 e. The first kappa shape index (κ1) is 25.4. The highest BCUT2D eigenvalue weighted by Crippen LogP contribution is 2.21. The lowest BCUT2D eigenvalue weighted by atomic mass is 10.0. The van der Waals surface area contributed by atoms with Gasteiger partial charge in [0.25, 0.3) is 5.56 Å². The average molecular weight is 493 g/mol. The van der Waals surface area contributed by atoms with Crippen LogP contribution >= 0.6 is 12.2 Å². The lowest BCUT2D eigenvalue weighted by molar-refractivity contribution is 0.0367. The van der Waals surface area contributed by atoms with Crippen LogP contribution in [0.15, 0.2) is 41.2 Å². The average Bonchev–Trinajstić information content (AvgIpc) is 2.84. The topological polar surface area (TPSA) is 60.6 Å². The quantitative estimate of drug-likeness (QED) is 0.467. The first-order chi connectivity index (χ1) is 16.8. The van der Waals surface area contributed by atoms with Crippen molar-refractivity contribution in [3.63, 3.8) is 0 Å². The van der Waals surface area contributed by atoms with Crippen molar-refractivity contribution in [1.82, 2.24) is 14.8 Å². The summed E-state index contributed by atoms with van der Waals surface area (Å²) in [4.78, 5) is 20.7. The molecule has 0 amide bonds. The Balaban J connectivity index is 1.55. The monoisotopic (exact) mass is 492 g/mol. The van der Waals surface area contributed by atoms with Gasteiger partial charge in [-0.05, 0) is 80.5 Å². The molecule has 1 aliphatic heterocycles. The van der Waals surface area contributed by atoms with Gasteiger partial charge in [-0.1, -0.05) is 29.8 Å². The molecule has 3 aromatic rings. The third-order valence-electron chi connectivity index (χ3n) is 6.91. The van der Waals surface area contributed by atoms with Crippen LogP contribution in [0, 0.1) is 27.7 Å². The SMILES string of the molecule is Cc1ccc(NC(=S)N(CCCN2CCOCC2)Cc2cc3ccc(C)c(C)c3[nH]c2=O)c(C)c1. The standard InChI is InChI=1S/C28H36N4O2S/c1-19-6-9-25(21(3)16-19)29-28(35)32(11-5-10-31-12-14-34-15-13-31)18-24-17-23-8-7-20(2)22(4)26(23)30-27(24)33/h6-9,16-17H,5,10-15,18H2,1-4H3,(H,29,35)(H,30,33). The van der Waals surface area contributed by atoms with Crippen molar-refractivity contribution in [2.75, 3.05) is 44.7 Å². The number of hydrogen-bond donors (Lipinski definition) is 2. The summed E-state index contributed by atoms with van der Waals surface area (Å²) in [5.41, 5.74) is 7.22. The molecular weight excluding hydrogens is 456 g/mol. The molecule has 2 N–H and O–H groups in total. The maximum Gasteiger partial charge on any atom is 0.253 e. The van der Waals surface area contributed by atoms with E-state index in [1.54, 1.807) is 0 Å². The van der Waals surface area contributed by atoms with Gasteiger partial charge in [0.15, 0.2) is 5.11 Å². The second-order valence-electron chi connectivity index (χ2n) is 9.57. The number of nitrogens with zero attached hydrogens (tertiary/aromatic N) is 2. The molecule has 1 aliphatic rings. The van der Waals surface area contributed by atoms with Crippen molar-refractivity contribution >= 4 is 33.9 Å². The second-order valence-corrected chi connectivity index (χ2v) is 9.96. The predicted molar refractivity (Wildman–Crippen MR) is 148 cm³/mol. The van der Waals surface area contributed by atoms with E-state index in [0.717, 1.165) is 79.1 Å². The Labute approximate surface area is 213 Å². The van der Waals surface area contributed by atoms with E-state index in [2.05, 4.69) is 71.2 Å². The Hall–Kier alpha value is -2.74. The van der Waals surface area contributed by atoms with Crippen molar-refractivity contribution < 1.29 is 4.74 Å². The molecule has 0 saturated carbocycles. The summed E-state index contributed by atoms with van der Waals surface area (Å²) < 4.78 is 5.47. The van der Waals surface area contributed by atoms with Gasteiger partial charge >= 0.3 is 0 Å². The predicted octanol–water partition coefficient (Wildman–Crippen LogP) is 4.68. The van der Waals surface area contributed by atoms with Crippen molar-refractivity contribution in [2.24, 2.45) is 0 Å². The molecule has 1 saturated heterocycles. The summed E-state index contributed by atoms with van der Waals surface area (Å²) in [6.07, 6.45) is 0.957. The number of aromatic nitrogens is 1. The number of H-pyrrole nitrogens is 1. The molecule has 1 fully saturated rings. The number of rotatable bonds is 7. The van der Waals surface area contributed by atoms with Gasteiger partial charge in [-0.3, -0.25) is 9.69 Å². The van der Waals surface area contributed by atoms with E-state index in [0.29, 0.717) is 11.7 Å². The zero-order chi connectivity index (χ0) is 24.9.